The number of benzene rings is 2. The van der Waals surface area contributed by atoms with Crippen molar-refractivity contribution in [1.82, 2.24) is 0 Å². The van der Waals surface area contributed by atoms with E-state index in [2.05, 4.69) is 5.32 Å². The molecule has 110 valence electrons. The van der Waals surface area contributed by atoms with Gasteiger partial charge in [-0.15, -0.1) is 0 Å². The average Bonchev–Trinajstić information content (AvgIpc) is 2.43. The van der Waals surface area contributed by atoms with Crippen molar-refractivity contribution in [2.45, 2.75) is 6.92 Å². The lowest BCUT2D eigenvalue weighted by Gasteiger charge is -2.10. The van der Waals surface area contributed by atoms with Crippen LogP contribution in [0.1, 0.15) is 15.9 Å². The molecular formula is C14H8F5NO. The molecule has 0 atom stereocenters. The summed E-state index contributed by atoms with van der Waals surface area (Å²) in [5.41, 5.74) is -0.534. The van der Waals surface area contributed by atoms with Gasteiger partial charge in [0.25, 0.3) is 5.91 Å². The van der Waals surface area contributed by atoms with Crippen LogP contribution in [0.4, 0.5) is 27.6 Å². The van der Waals surface area contributed by atoms with E-state index in [1.54, 1.807) is 0 Å². The van der Waals surface area contributed by atoms with Crippen LogP contribution in [-0.4, -0.2) is 5.91 Å². The van der Waals surface area contributed by atoms with Crippen molar-refractivity contribution in [1.29, 1.82) is 0 Å². The fourth-order valence-electron chi connectivity index (χ4n) is 1.70. The highest BCUT2D eigenvalue weighted by molar-refractivity contribution is 6.04. The van der Waals surface area contributed by atoms with E-state index in [0.29, 0.717) is 5.56 Å². The first-order valence-electron chi connectivity index (χ1n) is 5.71. The molecule has 0 unspecified atom stereocenters. The number of aryl methyl sites for hydroxylation is 1. The number of halogens is 5. The van der Waals surface area contributed by atoms with Crippen molar-refractivity contribution in [3.05, 3.63) is 64.5 Å². The molecule has 0 spiro atoms. The number of anilines is 1. The van der Waals surface area contributed by atoms with E-state index in [4.69, 9.17) is 0 Å². The van der Waals surface area contributed by atoms with E-state index in [1.807, 2.05) is 0 Å². The summed E-state index contributed by atoms with van der Waals surface area (Å²) in [4.78, 5) is 11.8. The fourth-order valence-corrected chi connectivity index (χ4v) is 1.70. The van der Waals surface area contributed by atoms with Crippen LogP contribution in [0, 0.1) is 36.0 Å². The van der Waals surface area contributed by atoms with Crippen molar-refractivity contribution in [2.24, 2.45) is 0 Å². The SMILES string of the molecule is Cc1cc(F)ccc1NC(=O)c1cc(F)c(F)c(F)c1F. The number of rotatable bonds is 2. The maximum absolute atomic E-state index is 13.5. The summed E-state index contributed by atoms with van der Waals surface area (Å²) in [6.07, 6.45) is 0. The van der Waals surface area contributed by atoms with Crippen LogP contribution in [0.3, 0.4) is 0 Å². The Kier molecular flexibility index (Phi) is 3.93. The summed E-state index contributed by atoms with van der Waals surface area (Å²) >= 11 is 0. The van der Waals surface area contributed by atoms with Crippen LogP contribution in [-0.2, 0) is 0 Å². The van der Waals surface area contributed by atoms with Crippen LogP contribution in [0.25, 0.3) is 0 Å². The van der Waals surface area contributed by atoms with E-state index in [0.717, 1.165) is 12.1 Å². The Morgan fingerprint density at radius 3 is 2.24 bits per heavy atom. The summed E-state index contributed by atoms with van der Waals surface area (Å²) in [7, 11) is 0. The molecule has 1 N–H and O–H groups in total. The smallest absolute Gasteiger partial charge is 0.258 e. The number of amides is 1. The van der Waals surface area contributed by atoms with Crippen LogP contribution in [0.15, 0.2) is 24.3 Å². The second kappa shape index (κ2) is 5.51. The van der Waals surface area contributed by atoms with Gasteiger partial charge in [0.15, 0.2) is 23.3 Å². The minimum atomic E-state index is -2.07. The molecule has 0 aromatic heterocycles. The molecule has 0 saturated carbocycles. The second-order valence-corrected chi connectivity index (χ2v) is 4.26. The Balaban J connectivity index is 2.37. The third kappa shape index (κ3) is 2.86. The Hall–Kier alpha value is -2.44. The fraction of sp³-hybridized carbons (Fsp3) is 0.0714. The minimum absolute atomic E-state index is 0.131. The monoisotopic (exact) mass is 301 g/mol. The zero-order valence-corrected chi connectivity index (χ0v) is 10.6. The lowest BCUT2D eigenvalue weighted by atomic mass is 10.1. The molecule has 0 aliphatic heterocycles. The number of carbonyl (C=O) groups excluding carboxylic acids is 1. The average molecular weight is 301 g/mol. The van der Waals surface area contributed by atoms with E-state index < -0.39 is 40.6 Å². The summed E-state index contributed by atoms with van der Waals surface area (Å²) < 4.78 is 65.3. The molecule has 7 heteroatoms. The number of nitrogens with one attached hydrogen (secondary N) is 1. The molecule has 2 nitrogen and oxygen atoms in total. The molecule has 0 heterocycles. The Morgan fingerprint density at radius 2 is 1.62 bits per heavy atom. The van der Waals surface area contributed by atoms with Gasteiger partial charge in [-0.1, -0.05) is 0 Å². The molecule has 0 bridgehead atoms. The maximum Gasteiger partial charge on any atom is 0.258 e. The van der Waals surface area contributed by atoms with Gasteiger partial charge in [0.2, 0.25) is 0 Å². The summed E-state index contributed by atoms with van der Waals surface area (Å²) in [6, 6.07) is 3.61. The predicted octanol–water partition coefficient (Wildman–Crippen LogP) is 3.94. The lowest BCUT2D eigenvalue weighted by Crippen LogP contribution is -2.16. The molecule has 0 fully saturated rings. The van der Waals surface area contributed by atoms with Gasteiger partial charge in [-0.25, -0.2) is 22.0 Å². The Labute approximate surface area is 116 Å². The first-order valence-corrected chi connectivity index (χ1v) is 5.71. The first kappa shape index (κ1) is 15.0. The molecule has 2 rings (SSSR count). The van der Waals surface area contributed by atoms with Crippen LogP contribution < -0.4 is 5.32 Å². The van der Waals surface area contributed by atoms with Crippen LogP contribution >= 0.6 is 0 Å². The van der Waals surface area contributed by atoms with Gasteiger partial charge in [0.1, 0.15) is 5.82 Å². The standard InChI is InChI=1S/C14H8F5NO/c1-6-4-7(15)2-3-10(6)20-14(21)8-5-9(16)12(18)13(19)11(8)17/h2-5H,1H3,(H,20,21). The van der Waals surface area contributed by atoms with E-state index in [-0.39, 0.29) is 11.8 Å². The Morgan fingerprint density at radius 1 is 0.952 bits per heavy atom. The third-order valence-corrected chi connectivity index (χ3v) is 2.78. The summed E-state index contributed by atoms with van der Waals surface area (Å²) in [5.74, 6) is -9.28. The van der Waals surface area contributed by atoms with Crippen molar-refractivity contribution in [2.75, 3.05) is 5.32 Å². The highest BCUT2D eigenvalue weighted by Gasteiger charge is 2.23. The van der Waals surface area contributed by atoms with Crippen LogP contribution in [0.5, 0.6) is 0 Å². The van der Waals surface area contributed by atoms with Gasteiger partial charge in [-0.05, 0) is 36.8 Å². The Bertz CT molecular complexity index is 730. The molecule has 1 amide bonds. The summed E-state index contributed by atoms with van der Waals surface area (Å²) in [6.45, 7) is 1.47. The molecule has 21 heavy (non-hydrogen) atoms. The predicted molar refractivity (Wildman–Crippen MR) is 65.4 cm³/mol. The molecule has 0 aliphatic rings. The molecule has 2 aromatic rings. The van der Waals surface area contributed by atoms with E-state index in [9.17, 15) is 26.7 Å². The highest BCUT2D eigenvalue weighted by Crippen LogP contribution is 2.21. The van der Waals surface area contributed by atoms with Gasteiger partial charge in [0.05, 0.1) is 5.56 Å². The molecular weight excluding hydrogens is 293 g/mol. The van der Waals surface area contributed by atoms with Crippen molar-refractivity contribution in [3.63, 3.8) is 0 Å². The van der Waals surface area contributed by atoms with Gasteiger partial charge in [-0.3, -0.25) is 4.79 Å². The van der Waals surface area contributed by atoms with Gasteiger partial charge in [-0.2, -0.15) is 0 Å². The zero-order valence-electron chi connectivity index (χ0n) is 10.6. The lowest BCUT2D eigenvalue weighted by molar-refractivity contribution is 0.102. The number of hydrogen-bond donors (Lipinski definition) is 1. The summed E-state index contributed by atoms with van der Waals surface area (Å²) in [5, 5.41) is 2.17. The van der Waals surface area contributed by atoms with Crippen LogP contribution in [0.2, 0.25) is 0 Å². The molecule has 0 saturated heterocycles. The van der Waals surface area contributed by atoms with Crippen molar-refractivity contribution < 1.29 is 26.7 Å². The zero-order chi connectivity index (χ0) is 15.7. The van der Waals surface area contributed by atoms with E-state index in [1.165, 1.54) is 13.0 Å². The topological polar surface area (TPSA) is 29.1 Å². The number of carbonyl (C=O) groups is 1. The minimum Gasteiger partial charge on any atom is -0.322 e. The normalized spacial score (nSPS) is 10.6. The van der Waals surface area contributed by atoms with Gasteiger partial charge in [0, 0.05) is 5.69 Å². The number of hydrogen-bond acceptors (Lipinski definition) is 1. The first-order chi connectivity index (χ1) is 9.81. The molecule has 0 aliphatic carbocycles. The largest absolute Gasteiger partial charge is 0.322 e. The third-order valence-electron chi connectivity index (χ3n) is 2.78. The highest BCUT2D eigenvalue weighted by atomic mass is 19.2. The van der Waals surface area contributed by atoms with Gasteiger partial charge < -0.3 is 5.32 Å². The quantitative estimate of drug-likeness (QED) is 0.508. The van der Waals surface area contributed by atoms with E-state index >= 15 is 0 Å². The van der Waals surface area contributed by atoms with Crippen molar-refractivity contribution in [3.8, 4) is 0 Å². The van der Waals surface area contributed by atoms with Crippen molar-refractivity contribution >= 4 is 11.6 Å². The molecule has 0 radical (unpaired) electrons. The second-order valence-electron chi connectivity index (χ2n) is 4.26. The van der Waals surface area contributed by atoms with Gasteiger partial charge >= 0.3 is 0 Å². The molecule has 2 aromatic carbocycles. The maximum atomic E-state index is 13.5.